The van der Waals surface area contributed by atoms with Gasteiger partial charge in [0.1, 0.15) is 5.82 Å². The molecule has 0 saturated carbocycles. The summed E-state index contributed by atoms with van der Waals surface area (Å²) in [6.07, 6.45) is 3.42. The average molecular weight is 332 g/mol. The molecule has 0 spiro atoms. The molecule has 3 rings (SSSR count). The summed E-state index contributed by atoms with van der Waals surface area (Å²) in [6, 6.07) is 9.46. The van der Waals surface area contributed by atoms with Gasteiger partial charge in [0, 0.05) is 23.5 Å². The monoisotopic (exact) mass is 332 g/mol. The maximum Gasteiger partial charge on any atom is 0.290 e. The van der Waals surface area contributed by atoms with Gasteiger partial charge in [0.05, 0.1) is 12.1 Å². The number of nitrogens with one attached hydrogen (secondary N) is 1. The van der Waals surface area contributed by atoms with Gasteiger partial charge < -0.3 is 9.72 Å². The molecular weight excluding hydrogens is 317 g/mol. The van der Waals surface area contributed by atoms with Crippen molar-refractivity contribution in [3.05, 3.63) is 77.4 Å². The van der Waals surface area contributed by atoms with E-state index in [9.17, 15) is 18.0 Å². The summed E-state index contributed by atoms with van der Waals surface area (Å²) in [5, 5.41) is 2.20. The topological polar surface area (TPSA) is 33.5 Å². The summed E-state index contributed by atoms with van der Waals surface area (Å²) in [7, 11) is 0. The normalized spacial score (nSPS) is 11.7. The lowest BCUT2D eigenvalue weighted by atomic mass is 10.1. The van der Waals surface area contributed by atoms with Gasteiger partial charge in [0.25, 0.3) is 11.8 Å². The Balaban J connectivity index is 1.73. The van der Waals surface area contributed by atoms with E-state index in [1.807, 2.05) is 19.2 Å². The molecule has 1 aromatic carbocycles. The number of carbonyl (C=O) groups excluding carboxylic acids is 1. The zero-order chi connectivity index (χ0) is 17.3. The van der Waals surface area contributed by atoms with E-state index in [4.69, 9.17) is 0 Å². The van der Waals surface area contributed by atoms with Crippen LogP contribution in [0.4, 0.5) is 13.2 Å². The van der Waals surface area contributed by atoms with Crippen molar-refractivity contribution in [2.45, 2.75) is 12.8 Å². The molecule has 24 heavy (non-hydrogen) atoms. The Hall–Kier alpha value is -2.76. The highest BCUT2D eigenvalue weighted by molar-refractivity contribution is 5.94. The SMILES string of the molecule is Cc1cc2ccc(C(=O)NCC(F)(F)c3cccc(F)c3)cn2c1. The maximum atomic E-state index is 14.1. The first-order valence-corrected chi connectivity index (χ1v) is 7.35. The van der Waals surface area contributed by atoms with Crippen molar-refractivity contribution in [1.29, 1.82) is 0 Å². The van der Waals surface area contributed by atoms with Gasteiger partial charge in [-0.2, -0.15) is 8.78 Å². The minimum absolute atomic E-state index is 0.271. The van der Waals surface area contributed by atoms with E-state index in [0.29, 0.717) is 0 Å². The summed E-state index contributed by atoms with van der Waals surface area (Å²) >= 11 is 0. The highest BCUT2D eigenvalue weighted by Crippen LogP contribution is 2.27. The fourth-order valence-corrected chi connectivity index (χ4v) is 2.50. The third kappa shape index (κ3) is 3.27. The Labute approximate surface area is 136 Å². The number of alkyl halides is 2. The molecule has 0 fully saturated rings. The lowest BCUT2D eigenvalue weighted by Gasteiger charge is -2.17. The number of pyridine rings is 1. The number of halogens is 3. The Bertz CT molecular complexity index is 902. The van der Waals surface area contributed by atoms with Crippen molar-refractivity contribution in [3.63, 3.8) is 0 Å². The van der Waals surface area contributed by atoms with Crippen LogP contribution in [0.2, 0.25) is 0 Å². The number of fused-ring (bicyclic) bond motifs is 1. The smallest absolute Gasteiger partial charge is 0.290 e. The molecule has 0 unspecified atom stereocenters. The second kappa shape index (κ2) is 6.03. The van der Waals surface area contributed by atoms with Crippen molar-refractivity contribution in [2.24, 2.45) is 0 Å². The van der Waals surface area contributed by atoms with E-state index in [1.165, 1.54) is 6.07 Å². The Kier molecular flexibility index (Phi) is 4.05. The first-order valence-electron chi connectivity index (χ1n) is 7.35. The quantitative estimate of drug-likeness (QED) is 0.772. The molecule has 0 saturated heterocycles. The number of hydrogen-bond acceptors (Lipinski definition) is 1. The molecule has 6 heteroatoms. The molecule has 2 aromatic heterocycles. The number of hydrogen-bond donors (Lipinski definition) is 1. The van der Waals surface area contributed by atoms with Crippen molar-refractivity contribution in [1.82, 2.24) is 9.72 Å². The number of amides is 1. The molecule has 0 atom stereocenters. The van der Waals surface area contributed by atoms with Crippen LogP contribution in [0.15, 0.2) is 54.9 Å². The number of rotatable bonds is 4. The Morgan fingerprint density at radius 2 is 1.96 bits per heavy atom. The molecule has 124 valence electrons. The summed E-state index contributed by atoms with van der Waals surface area (Å²) in [5.41, 5.74) is 1.74. The van der Waals surface area contributed by atoms with Crippen LogP contribution in [0.25, 0.3) is 5.52 Å². The Morgan fingerprint density at radius 3 is 2.71 bits per heavy atom. The van der Waals surface area contributed by atoms with E-state index >= 15 is 0 Å². The van der Waals surface area contributed by atoms with Crippen LogP contribution in [0.3, 0.4) is 0 Å². The highest BCUT2D eigenvalue weighted by atomic mass is 19.3. The molecular formula is C18H15F3N2O. The third-order valence-corrected chi connectivity index (χ3v) is 3.71. The van der Waals surface area contributed by atoms with Gasteiger partial charge in [-0.1, -0.05) is 12.1 Å². The zero-order valence-corrected chi connectivity index (χ0v) is 12.9. The number of benzene rings is 1. The largest absolute Gasteiger partial charge is 0.346 e. The standard InChI is InChI=1S/C18H15F3N2O/c1-12-7-16-6-5-13(10-23(16)9-12)17(24)22-11-18(20,21)14-3-2-4-15(19)8-14/h2-10H,11H2,1H3,(H,22,24). The fourth-order valence-electron chi connectivity index (χ4n) is 2.50. The van der Waals surface area contributed by atoms with Crippen molar-refractivity contribution in [3.8, 4) is 0 Å². The molecule has 1 N–H and O–H groups in total. The highest BCUT2D eigenvalue weighted by Gasteiger charge is 2.32. The zero-order valence-electron chi connectivity index (χ0n) is 12.9. The van der Waals surface area contributed by atoms with Crippen LogP contribution in [0.5, 0.6) is 0 Å². The van der Waals surface area contributed by atoms with Crippen LogP contribution in [-0.2, 0) is 5.92 Å². The molecule has 0 aliphatic heterocycles. The lowest BCUT2D eigenvalue weighted by Crippen LogP contribution is -2.35. The van der Waals surface area contributed by atoms with E-state index in [0.717, 1.165) is 29.3 Å². The van der Waals surface area contributed by atoms with Gasteiger partial charge in [0.15, 0.2) is 0 Å². The minimum Gasteiger partial charge on any atom is -0.346 e. The maximum absolute atomic E-state index is 14.1. The van der Waals surface area contributed by atoms with E-state index < -0.39 is 29.8 Å². The molecule has 0 radical (unpaired) electrons. The third-order valence-electron chi connectivity index (χ3n) is 3.71. The van der Waals surface area contributed by atoms with Gasteiger partial charge in [-0.15, -0.1) is 0 Å². The van der Waals surface area contributed by atoms with Gasteiger partial charge in [-0.3, -0.25) is 4.79 Å². The minimum atomic E-state index is -3.36. The van der Waals surface area contributed by atoms with Gasteiger partial charge >= 0.3 is 0 Å². The van der Waals surface area contributed by atoms with E-state index in [1.54, 1.807) is 22.7 Å². The first kappa shape index (κ1) is 16.1. The van der Waals surface area contributed by atoms with Crippen molar-refractivity contribution >= 4 is 11.4 Å². The predicted octanol–water partition coefficient (Wildman–Crippen LogP) is 3.91. The van der Waals surface area contributed by atoms with Crippen LogP contribution < -0.4 is 5.32 Å². The molecule has 1 amide bonds. The fraction of sp³-hybridized carbons (Fsp3) is 0.167. The second-order valence-electron chi connectivity index (χ2n) is 5.66. The van der Waals surface area contributed by atoms with Crippen LogP contribution in [0, 0.1) is 12.7 Å². The van der Waals surface area contributed by atoms with Crippen molar-refractivity contribution < 1.29 is 18.0 Å². The van der Waals surface area contributed by atoms with Crippen LogP contribution in [-0.4, -0.2) is 16.9 Å². The average Bonchev–Trinajstić information content (AvgIpc) is 2.91. The first-order chi connectivity index (χ1) is 11.3. The van der Waals surface area contributed by atoms with E-state index in [2.05, 4.69) is 5.32 Å². The number of carbonyl (C=O) groups is 1. The molecule has 2 heterocycles. The number of nitrogens with zero attached hydrogens (tertiary/aromatic N) is 1. The summed E-state index contributed by atoms with van der Waals surface area (Å²) in [4.78, 5) is 12.1. The Morgan fingerprint density at radius 1 is 1.17 bits per heavy atom. The number of aromatic nitrogens is 1. The van der Waals surface area contributed by atoms with Gasteiger partial charge in [0.2, 0.25) is 0 Å². The van der Waals surface area contributed by atoms with Crippen LogP contribution in [0.1, 0.15) is 21.5 Å². The molecule has 0 bridgehead atoms. The number of aryl methyl sites for hydroxylation is 1. The molecule has 3 nitrogen and oxygen atoms in total. The van der Waals surface area contributed by atoms with Gasteiger partial charge in [-0.25, -0.2) is 4.39 Å². The van der Waals surface area contributed by atoms with E-state index in [-0.39, 0.29) is 5.56 Å². The summed E-state index contributed by atoms with van der Waals surface area (Å²) < 4.78 is 43.0. The summed E-state index contributed by atoms with van der Waals surface area (Å²) in [6.45, 7) is 1.02. The predicted molar refractivity (Wildman–Crippen MR) is 84.8 cm³/mol. The van der Waals surface area contributed by atoms with Crippen molar-refractivity contribution in [2.75, 3.05) is 6.54 Å². The van der Waals surface area contributed by atoms with Gasteiger partial charge in [-0.05, 0) is 42.8 Å². The molecule has 0 aliphatic rings. The summed E-state index contributed by atoms with van der Waals surface area (Å²) in [5.74, 6) is -4.71. The van der Waals surface area contributed by atoms with Crippen LogP contribution >= 0.6 is 0 Å². The molecule has 3 aromatic rings. The second-order valence-corrected chi connectivity index (χ2v) is 5.66. The lowest BCUT2D eigenvalue weighted by molar-refractivity contribution is -0.00275. The molecule has 0 aliphatic carbocycles.